The van der Waals surface area contributed by atoms with Crippen LogP contribution in [0, 0.1) is 0 Å². The molecule has 29 heavy (non-hydrogen) atoms. The van der Waals surface area contributed by atoms with Crippen LogP contribution >= 0.6 is 0 Å². The zero-order valence-electron chi connectivity index (χ0n) is 14.6. The fraction of sp³-hybridized carbons (Fsp3) is 0.263. The van der Waals surface area contributed by atoms with Crippen molar-refractivity contribution in [3.63, 3.8) is 0 Å². The third-order valence-electron chi connectivity index (χ3n) is 3.65. The molecule has 0 spiro atoms. The third-order valence-corrected chi connectivity index (χ3v) is 3.65. The van der Waals surface area contributed by atoms with Gasteiger partial charge in [0.25, 0.3) is 0 Å². The quantitative estimate of drug-likeness (QED) is 0.379. The Morgan fingerprint density at radius 2 is 0.931 bits per heavy atom. The van der Waals surface area contributed by atoms with E-state index in [4.69, 9.17) is 9.47 Å². The van der Waals surface area contributed by atoms with Crippen LogP contribution in [0.1, 0.15) is 28.7 Å². The molecule has 0 saturated heterocycles. The highest BCUT2D eigenvalue weighted by Gasteiger charge is 2.30. The first-order chi connectivity index (χ1) is 13.4. The molecular weight excluding hydrogens is 406 g/mol. The van der Waals surface area contributed by atoms with Gasteiger partial charge in [-0.25, -0.2) is 0 Å². The summed E-state index contributed by atoms with van der Waals surface area (Å²) in [5.74, 6) is -1.91. The average molecular weight is 420 g/mol. The lowest BCUT2D eigenvalue weighted by molar-refractivity contribution is -0.156. The van der Waals surface area contributed by atoms with Crippen molar-refractivity contribution >= 4 is 11.9 Å². The van der Waals surface area contributed by atoms with Gasteiger partial charge in [0, 0.05) is 0 Å². The fourth-order valence-corrected chi connectivity index (χ4v) is 2.13. The van der Waals surface area contributed by atoms with Crippen molar-refractivity contribution in [3.8, 4) is 0 Å². The summed E-state index contributed by atoms with van der Waals surface area (Å²) in [4.78, 5) is 23.2. The lowest BCUT2D eigenvalue weighted by Gasteiger charge is -2.09. The molecule has 0 heterocycles. The molecule has 0 aromatic heterocycles. The van der Waals surface area contributed by atoms with Crippen molar-refractivity contribution in [2.75, 3.05) is 0 Å². The number of rotatable bonds is 6. The number of alkyl halides is 6. The Bertz CT molecular complexity index is 767. The molecule has 0 fully saturated rings. The van der Waals surface area contributed by atoms with Gasteiger partial charge in [0.1, 0.15) is 19.6 Å². The highest BCUT2D eigenvalue weighted by Crippen LogP contribution is 2.30. The molecule has 0 atom stereocenters. The minimum atomic E-state index is -4.48. The number of esters is 2. The number of carbonyl (C=O) groups is 2. The molecule has 0 N–H and O–H groups in total. The van der Waals surface area contributed by atoms with Crippen LogP contribution in [0.2, 0.25) is 0 Å². The summed E-state index contributed by atoms with van der Waals surface area (Å²) < 4.78 is 84.3. The zero-order valence-corrected chi connectivity index (χ0v) is 14.6. The molecule has 2 aromatic carbocycles. The van der Waals surface area contributed by atoms with E-state index < -0.39 is 41.8 Å². The van der Waals surface area contributed by atoms with Gasteiger partial charge < -0.3 is 9.47 Å². The molecule has 0 aliphatic carbocycles. The van der Waals surface area contributed by atoms with Crippen molar-refractivity contribution in [1.29, 1.82) is 0 Å². The van der Waals surface area contributed by atoms with Gasteiger partial charge >= 0.3 is 24.3 Å². The Hall–Kier alpha value is -3.04. The van der Waals surface area contributed by atoms with Gasteiger partial charge in [0.05, 0.1) is 11.1 Å². The van der Waals surface area contributed by atoms with Crippen LogP contribution in [0.4, 0.5) is 26.3 Å². The van der Waals surface area contributed by atoms with Crippen LogP contribution in [-0.4, -0.2) is 11.9 Å². The molecule has 2 rings (SSSR count). The lowest BCUT2D eigenvalue weighted by atomic mass is 10.1. The van der Waals surface area contributed by atoms with Crippen molar-refractivity contribution < 1.29 is 45.4 Å². The first kappa shape index (κ1) is 22.3. The first-order valence-corrected chi connectivity index (χ1v) is 8.08. The summed E-state index contributed by atoms with van der Waals surface area (Å²) in [6, 6.07) is 7.89. The van der Waals surface area contributed by atoms with Crippen LogP contribution in [0.3, 0.4) is 0 Å². The van der Waals surface area contributed by atoms with Gasteiger partial charge in [-0.3, -0.25) is 9.59 Å². The van der Waals surface area contributed by atoms with E-state index in [1.165, 1.54) is 0 Å². The van der Waals surface area contributed by atoms with Gasteiger partial charge in [-0.15, -0.1) is 0 Å². The summed E-state index contributed by atoms with van der Waals surface area (Å²) in [6.07, 6.45) is -9.71. The molecular formula is C19H14F6O4. The molecule has 0 unspecified atom stereocenters. The third kappa shape index (κ3) is 7.13. The Labute approximate surface area is 161 Å². The SMILES string of the molecule is O=C(CC(=O)OCc1ccc(C(F)(F)F)cc1)OCc1ccc(C(F)(F)F)cc1. The topological polar surface area (TPSA) is 52.6 Å². The smallest absolute Gasteiger partial charge is 0.416 e. The summed E-state index contributed by atoms with van der Waals surface area (Å²) in [6.45, 7) is -0.660. The van der Waals surface area contributed by atoms with Crippen molar-refractivity contribution in [1.82, 2.24) is 0 Å². The second-order valence-electron chi connectivity index (χ2n) is 5.89. The minimum absolute atomic E-state index is 0.296. The van der Waals surface area contributed by atoms with E-state index in [-0.39, 0.29) is 13.2 Å². The van der Waals surface area contributed by atoms with Crippen molar-refractivity contribution in [2.24, 2.45) is 0 Å². The second-order valence-corrected chi connectivity index (χ2v) is 5.89. The Morgan fingerprint density at radius 3 is 1.21 bits per heavy atom. The van der Waals surface area contributed by atoms with Gasteiger partial charge in [-0.2, -0.15) is 26.3 Å². The highest BCUT2D eigenvalue weighted by molar-refractivity contribution is 5.91. The predicted octanol–water partition coefficient (Wildman–Crippen LogP) is 4.90. The molecule has 0 saturated carbocycles. The standard InChI is InChI=1S/C19H14F6O4/c20-18(21,22)14-5-1-12(2-6-14)10-28-16(26)9-17(27)29-11-13-3-7-15(8-4-13)19(23,24)25/h1-8H,9-11H2. The maximum atomic E-state index is 12.5. The molecule has 0 aliphatic heterocycles. The van der Waals surface area contributed by atoms with E-state index in [9.17, 15) is 35.9 Å². The first-order valence-electron chi connectivity index (χ1n) is 8.08. The normalized spacial score (nSPS) is 11.8. The van der Waals surface area contributed by atoms with E-state index in [2.05, 4.69) is 0 Å². The number of hydrogen-bond acceptors (Lipinski definition) is 4. The monoisotopic (exact) mass is 420 g/mol. The molecule has 0 amide bonds. The van der Waals surface area contributed by atoms with E-state index in [1.807, 2.05) is 0 Å². The number of halogens is 6. The fourth-order valence-electron chi connectivity index (χ4n) is 2.13. The average Bonchev–Trinajstić information content (AvgIpc) is 2.64. The maximum absolute atomic E-state index is 12.5. The summed E-state index contributed by atoms with van der Waals surface area (Å²) in [5, 5.41) is 0. The molecule has 10 heteroatoms. The van der Waals surface area contributed by atoms with Crippen LogP contribution < -0.4 is 0 Å². The second kappa shape index (κ2) is 8.97. The minimum Gasteiger partial charge on any atom is -0.460 e. The zero-order chi connectivity index (χ0) is 21.7. The van der Waals surface area contributed by atoms with Crippen molar-refractivity contribution in [3.05, 3.63) is 70.8 Å². The van der Waals surface area contributed by atoms with Gasteiger partial charge in [0.15, 0.2) is 0 Å². The lowest BCUT2D eigenvalue weighted by Crippen LogP contribution is -2.14. The molecule has 2 aromatic rings. The summed E-state index contributed by atoms with van der Waals surface area (Å²) >= 11 is 0. The number of ether oxygens (including phenoxy) is 2. The van der Waals surface area contributed by atoms with E-state index in [0.717, 1.165) is 48.5 Å². The van der Waals surface area contributed by atoms with Crippen molar-refractivity contribution in [2.45, 2.75) is 32.0 Å². The Kier molecular flexibility index (Phi) is 6.89. The summed E-state index contributed by atoms with van der Waals surface area (Å²) in [5.41, 5.74) is -1.10. The van der Waals surface area contributed by atoms with Gasteiger partial charge in [-0.05, 0) is 35.4 Å². The van der Waals surface area contributed by atoms with Crippen LogP contribution in [0.25, 0.3) is 0 Å². The van der Waals surface area contributed by atoms with E-state index in [1.54, 1.807) is 0 Å². The largest absolute Gasteiger partial charge is 0.460 e. The summed E-state index contributed by atoms with van der Waals surface area (Å²) in [7, 11) is 0. The highest BCUT2D eigenvalue weighted by atomic mass is 19.4. The number of carbonyl (C=O) groups excluding carboxylic acids is 2. The maximum Gasteiger partial charge on any atom is 0.416 e. The molecule has 0 bridgehead atoms. The van der Waals surface area contributed by atoms with E-state index in [0.29, 0.717) is 11.1 Å². The molecule has 0 radical (unpaired) electrons. The van der Waals surface area contributed by atoms with Crippen LogP contribution in [0.15, 0.2) is 48.5 Å². The van der Waals surface area contributed by atoms with E-state index >= 15 is 0 Å². The Balaban J connectivity index is 1.75. The Morgan fingerprint density at radius 1 is 0.621 bits per heavy atom. The number of benzene rings is 2. The predicted molar refractivity (Wildman–Crippen MR) is 87.1 cm³/mol. The van der Waals surface area contributed by atoms with Crippen LogP contribution in [0.5, 0.6) is 0 Å². The molecule has 156 valence electrons. The van der Waals surface area contributed by atoms with Gasteiger partial charge in [-0.1, -0.05) is 24.3 Å². The molecule has 4 nitrogen and oxygen atoms in total. The van der Waals surface area contributed by atoms with Gasteiger partial charge in [0.2, 0.25) is 0 Å². The van der Waals surface area contributed by atoms with Crippen LogP contribution in [-0.2, 0) is 44.6 Å². The molecule has 0 aliphatic rings. The number of hydrogen-bond donors (Lipinski definition) is 0.